The van der Waals surface area contributed by atoms with Crippen molar-refractivity contribution in [1.82, 2.24) is 4.57 Å². The van der Waals surface area contributed by atoms with Crippen molar-refractivity contribution < 1.29 is 13.2 Å². The average Bonchev–Trinajstić information content (AvgIpc) is 3.09. The van der Waals surface area contributed by atoms with Crippen LogP contribution in [0.1, 0.15) is 19.8 Å². The molecule has 0 saturated carbocycles. The number of fused-ring (bicyclic) bond motifs is 3. The second-order valence-electron chi connectivity index (χ2n) is 7.82. The summed E-state index contributed by atoms with van der Waals surface area (Å²) in [5.41, 5.74) is 3.66. The van der Waals surface area contributed by atoms with E-state index in [1.807, 2.05) is 36.4 Å². The van der Waals surface area contributed by atoms with Gasteiger partial charge < -0.3 is 9.88 Å². The number of nitrogens with one attached hydrogen (secondary N) is 1. The van der Waals surface area contributed by atoms with Gasteiger partial charge in [0.2, 0.25) is 15.9 Å². The number of anilines is 2. The fourth-order valence-electron chi connectivity index (χ4n) is 4.16. The smallest absolute Gasteiger partial charge is 0.232 e. The number of aromatic nitrogens is 1. The van der Waals surface area contributed by atoms with Crippen LogP contribution in [0.25, 0.3) is 21.8 Å². The number of benzene rings is 3. The molecule has 166 valence electrons. The number of rotatable bonds is 8. The SMILES string of the molecule is CCn1c2ccccc2c2cc(NC(=O)CCCN(c3ccccc3)S(C)(=O)=O)ccc21. The van der Waals surface area contributed by atoms with Gasteiger partial charge in [0.05, 0.1) is 11.9 Å². The molecule has 0 spiro atoms. The predicted octanol–water partition coefficient (Wildman–Crippen LogP) is 5.00. The summed E-state index contributed by atoms with van der Waals surface area (Å²) < 4.78 is 28.0. The normalized spacial score (nSPS) is 11.7. The Morgan fingerprint density at radius 1 is 0.938 bits per heavy atom. The highest BCUT2D eigenvalue weighted by atomic mass is 32.2. The van der Waals surface area contributed by atoms with E-state index in [1.165, 1.54) is 16.1 Å². The maximum absolute atomic E-state index is 12.6. The van der Waals surface area contributed by atoms with Crippen LogP contribution in [-0.2, 0) is 21.4 Å². The molecule has 1 amide bonds. The third-order valence-electron chi connectivity index (χ3n) is 5.58. The molecule has 7 heteroatoms. The third-order valence-corrected chi connectivity index (χ3v) is 6.78. The lowest BCUT2D eigenvalue weighted by atomic mass is 10.1. The van der Waals surface area contributed by atoms with Gasteiger partial charge in [0, 0.05) is 47.0 Å². The Bertz CT molecular complexity index is 1360. The van der Waals surface area contributed by atoms with E-state index >= 15 is 0 Å². The van der Waals surface area contributed by atoms with E-state index in [2.05, 4.69) is 28.9 Å². The number of amides is 1. The summed E-state index contributed by atoms with van der Waals surface area (Å²) in [5, 5.41) is 5.23. The van der Waals surface area contributed by atoms with Gasteiger partial charge in [-0.15, -0.1) is 0 Å². The van der Waals surface area contributed by atoms with Crippen LogP contribution in [0.15, 0.2) is 72.8 Å². The first-order valence-corrected chi connectivity index (χ1v) is 12.6. The summed E-state index contributed by atoms with van der Waals surface area (Å²) in [6, 6.07) is 23.2. The fourth-order valence-corrected chi connectivity index (χ4v) is 5.12. The number of carbonyl (C=O) groups excluding carboxylic acids is 1. The van der Waals surface area contributed by atoms with Gasteiger partial charge in [0.25, 0.3) is 0 Å². The Hall–Kier alpha value is -3.32. The Morgan fingerprint density at radius 2 is 1.62 bits per heavy atom. The molecule has 0 aliphatic carbocycles. The highest BCUT2D eigenvalue weighted by molar-refractivity contribution is 7.92. The molecule has 32 heavy (non-hydrogen) atoms. The zero-order valence-electron chi connectivity index (χ0n) is 18.3. The van der Waals surface area contributed by atoms with Crippen molar-refractivity contribution >= 4 is 49.1 Å². The summed E-state index contributed by atoms with van der Waals surface area (Å²) >= 11 is 0. The van der Waals surface area contributed by atoms with Gasteiger partial charge in [-0.2, -0.15) is 0 Å². The number of carbonyl (C=O) groups is 1. The molecule has 0 saturated heterocycles. The molecule has 0 radical (unpaired) electrons. The number of sulfonamides is 1. The number of aryl methyl sites for hydroxylation is 1. The van der Waals surface area contributed by atoms with Gasteiger partial charge in [-0.3, -0.25) is 9.10 Å². The Labute approximate surface area is 188 Å². The molecule has 0 atom stereocenters. The standard InChI is InChI=1S/C25H27N3O3S/c1-3-27-23-13-8-7-12-21(23)22-18-19(15-16-24(22)27)26-25(29)14-9-17-28(32(2,30)31)20-10-5-4-6-11-20/h4-8,10-13,15-16,18H,3,9,14,17H2,1-2H3,(H,26,29). The second kappa shape index (κ2) is 9.04. The molecule has 1 N–H and O–H groups in total. The number of hydrogen-bond donors (Lipinski definition) is 1. The highest BCUT2D eigenvalue weighted by Crippen LogP contribution is 2.31. The molecule has 6 nitrogen and oxygen atoms in total. The molecule has 3 aromatic carbocycles. The van der Waals surface area contributed by atoms with Gasteiger partial charge >= 0.3 is 0 Å². The molecule has 0 aliphatic heterocycles. The molecule has 1 aromatic heterocycles. The van der Waals surface area contributed by atoms with Crippen molar-refractivity contribution in [3.63, 3.8) is 0 Å². The second-order valence-corrected chi connectivity index (χ2v) is 9.72. The van der Waals surface area contributed by atoms with E-state index in [1.54, 1.807) is 24.3 Å². The summed E-state index contributed by atoms with van der Waals surface area (Å²) in [6.07, 6.45) is 1.83. The summed E-state index contributed by atoms with van der Waals surface area (Å²) in [4.78, 5) is 12.6. The van der Waals surface area contributed by atoms with Crippen molar-refractivity contribution in [3.05, 3.63) is 72.8 Å². The molecule has 0 fully saturated rings. The monoisotopic (exact) mass is 449 g/mol. The average molecular weight is 450 g/mol. The van der Waals surface area contributed by atoms with Crippen molar-refractivity contribution in [2.45, 2.75) is 26.3 Å². The maximum Gasteiger partial charge on any atom is 0.232 e. The van der Waals surface area contributed by atoms with E-state index in [0.717, 1.165) is 28.5 Å². The lowest BCUT2D eigenvalue weighted by Crippen LogP contribution is -2.31. The highest BCUT2D eigenvalue weighted by Gasteiger charge is 2.17. The number of nitrogens with zero attached hydrogens (tertiary/aromatic N) is 2. The van der Waals surface area contributed by atoms with E-state index < -0.39 is 10.0 Å². The van der Waals surface area contributed by atoms with Crippen molar-refractivity contribution in [1.29, 1.82) is 0 Å². The zero-order chi connectivity index (χ0) is 22.7. The maximum atomic E-state index is 12.6. The van der Waals surface area contributed by atoms with Gasteiger partial charge in [0.15, 0.2) is 0 Å². The predicted molar refractivity (Wildman–Crippen MR) is 132 cm³/mol. The first kappa shape index (κ1) is 21.9. The van der Waals surface area contributed by atoms with Crippen molar-refractivity contribution in [2.75, 3.05) is 22.4 Å². The summed E-state index contributed by atoms with van der Waals surface area (Å²) in [5.74, 6) is -0.134. The summed E-state index contributed by atoms with van der Waals surface area (Å²) in [7, 11) is -3.42. The van der Waals surface area contributed by atoms with Crippen LogP contribution in [0.3, 0.4) is 0 Å². The molecule has 4 rings (SSSR count). The minimum absolute atomic E-state index is 0.134. The lowest BCUT2D eigenvalue weighted by Gasteiger charge is -2.22. The van der Waals surface area contributed by atoms with Gasteiger partial charge in [0.1, 0.15) is 0 Å². The van der Waals surface area contributed by atoms with Crippen LogP contribution in [0, 0.1) is 0 Å². The van der Waals surface area contributed by atoms with E-state index in [-0.39, 0.29) is 18.9 Å². The van der Waals surface area contributed by atoms with Crippen LogP contribution in [-0.4, -0.2) is 31.7 Å². The zero-order valence-corrected chi connectivity index (χ0v) is 19.1. The molecule has 0 bridgehead atoms. The van der Waals surface area contributed by atoms with Crippen LogP contribution >= 0.6 is 0 Å². The fraction of sp³-hybridized carbons (Fsp3) is 0.240. The third kappa shape index (κ3) is 4.48. The topological polar surface area (TPSA) is 71.4 Å². The Kier molecular flexibility index (Phi) is 6.19. The molecule has 1 heterocycles. The Morgan fingerprint density at radius 3 is 2.34 bits per heavy atom. The first-order valence-electron chi connectivity index (χ1n) is 10.7. The first-order chi connectivity index (χ1) is 15.4. The van der Waals surface area contributed by atoms with Gasteiger partial charge in [-0.05, 0) is 49.7 Å². The lowest BCUT2D eigenvalue weighted by molar-refractivity contribution is -0.116. The number of para-hydroxylation sites is 2. The van der Waals surface area contributed by atoms with E-state index in [0.29, 0.717) is 12.1 Å². The van der Waals surface area contributed by atoms with Crippen LogP contribution in [0.5, 0.6) is 0 Å². The number of hydrogen-bond acceptors (Lipinski definition) is 3. The largest absolute Gasteiger partial charge is 0.341 e. The van der Waals surface area contributed by atoms with E-state index in [9.17, 15) is 13.2 Å². The van der Waals surface area contributed by atoms with Crippen molar-refractivity contribution in [3.8, 4) is 0 Å². The molecule has 0 aliphatic rings. The Balaban J connectivity index is 1.45. The molecular formula is C25H27N3O3S. The van der Waals surface area contributed by atoms with Crippen LogP contribution < -0.4 is 9.62 Å². The quantitative estimate of drug-likeness (QED) is 0.411. The molecular weight excluding hydrogens is 422 g/mol. The van der Waals surface area contributed by atoms with Crippen molar-refractivity contribution in [2.24, 2.45) is 0 Å². The molecule has 4 aromatic rings. The van der Waals surface area contributed by atoms with Crippen LogP contribution in [0.4, 0.5) is 11.4 Å². The minimum Gasteiger partial charge on any atom is -0.341 e. The molecule has 0 unspecified atom stereocenters. The van der Waals surface area contributed by atoms with Gasteiger partial charge in [-0.1, -0.05) is 36.4 Å². The minimum atomic E-state index is -3.42. The van der Waals surface area contributed by atoms with Gasteiger partial charge in [-0.25, -0.2) is 8.42 Å². The summed E-state index contributed by atoms with van der Waals surface area (Å²) in [6.45, 7) is 3.24. The van der Waals surface area contributed by atoms with E-state index in [4.69, 9.17) is 0 Å². The van der Waals surface area contributed by atoms with Crippen LogP contribution in [0.2, 0.25) is 0 Å².